The molecule has 6 nitrogen and oxygen atoms in total. The third-order valence-electron chi connectivity index (χ3n) is 2.99. The molecule has 0 heterocycles. The Morgan fingerprint density at radius 1 is 1.30 bits per heavy atom. The highest BCUT2D eigenvalue weighted by Gasteiger charge is 2.10. The molecule has 0 saturated carbocycles. The van der Waals surface area contributed by atoms with Crippen molar-refractivity contribution in [3.05, 3.63) is 36.4 Å². The molecule has 0 spiro atoms. The van der Waals surface area contributed by atoms with E-state index in [9.17, 15) is 14.0 Å². The predicted octanol–water partition coefficient (Wildman–Crippen LogP) is 1.24. The minimum Gasteiger partial charge on any atom is -0.388 e. The number of likely N-dealkylation sites (N-methyl/N-ethyl adjacent to an activating group) is 1. The number of amides is 2. The van der Waals surface area contributed by atoms with Crippen LogP contribution in [0.25, 0.3) is 0 Å². The van der Waals surface area contributed by atoms with Crippen molar-refractivity contribution in [1.82, 2.24) is 10.2 Å². The largest absolute Gasteiger partial charge is 0.388 e. The number of carbonyl (C=O) groups is 2. The quantitative estimate of drug-likeness (QED) is 0.472. The van der Waals surface area contributed by atoms with Gasteiger partial charge < -0.3 is 20.9 Å². The lowest BCUT2D eigenvalue weighted by Crippen LogP contribution is -2.34. The van der Waals surface area contributed by atoms with E-state index in [4.69, 9.17) is 0 Å². The Bertz CT molecular complexity index is 549. The van der Waals surface area contributed by atoms with Gasteiger partial charge in [-0.3, -0.25) is 9.59 Å². The Labute approximate surface area is 135 Å². The first-order chi connectivity index (χ1) is 11.1. The van der Waals surface area contributed by atoms with Crippen LogP contribution in [0.2, 0.25) is 0 Å². The molecule has 1 aromatic rings. The lowest BCUT2D eigenvalue weighted by atomic mass is 10.2. The summed E-state index contributed by atoms with van der Waals surface area (Å²) >= 11 is 0. The summed E-state index contributed by atoms with van der Waals surface area (Å²) in [5.74, 6) is -0.566. The molecule has 0 atom stereocenters. The third kappa shape index (κ3) is 7.42. The van der Waals surface area contributed by atoms with E-state index >= 15 is 0 Å². The van der Waals surface area contributed by atoms with Gasteiger partial charge in [-0.25, -0.2) is 4.39 Å². The predicted molar refractivity (Wildman–Crippen MR) is 90.2 cm³/mol. The molecule has 1 aromatic carbocycles. The van der Waals surface area contributed by atoms with Crippen molar-refractivity contribution in [1.29, 1.82) is 0 Å². The van der Waals surface area contributed by atoms with Crippen molar-refractivity contribution in [3.8, 4) is 0 Å². The molecule has 2 amide bonds. The molecule has 126 valence electrons. The SMILES string of the molecule is CNc1cccc(NC(=O)CN(C)C(=O)/C=C/CNCCF)c1. The van der Waals surface area contributed by atoms with Gasteiger partial charge in [0.05, 0.1) is 6.54 Å². The highest BCUT2D eigenvalue weighted by atomic mass is 19.1. The maximum absolute atomic E-state index is 11.9. The Kier molecular flexibility index (Phi) is 8.38. The molecule has 0 unspecified atom stereocenters. The van der Waals surface area contributed by atoms with Crippen molar-refractivity contribution >= 4 is 23.2 Å². The summed E-state index contributed by atoms with van der Waals surface area (Å²) in [5, 5.41) is 8.51. The maximum Gasteiger partial charge on any atom is 0.246 e. The van der Waals surface area contributed by atoms with Gasteiger partial charge in [-0.1, -0.05) is 12.1 Å². The van der Waals surface area contributed by atoms with E-state index in [0.29, 0.717) is 12.2 Å². The number of halogens is 1. The van der Waals surface area contributed by atoms with Crippen molar-refractivity contribution < 1.29 is 14.0 Å². The van der Waals surface area contributed by atoms with Crippen molar-refractivity contribution in [2.24, 2.45) is 0 Å². The fourth-order valence-electron chi connectivity index (χ4n) is 1.79. The third-order valence-corrected chi connectivity index (χ3v) is 2.99. The highest BCUT2D eigenvalue weighted by Crippen LogP contribution is 2.14. The average Bonchev–Trinajstić information content (AvgIpc) is 2.54. The Balaban J connectivity index is 2.41. The van der Waals surface area contributed by atoms with E-state index in [1.165, 1.54) is 11.0 Å². The fraction of sp³-hybridized carbons (Fsp3) is 0.375. The van der Waals surface area contributed by atoms with Gasteiger partial charge in [-0.15, -0.1) is 0 Å². The number of hydrogen-bond acceptors (Lipinski definition) is 4. The van der Waals surface area contributed by atoms with E-state index in [1.807, 2.05) is 12.1 Å². The zero-order valence-electron chi connectivity index (χ0n) is 13.4. The normalized spacial score (nSPS) is 10.6. The van der Waals surface area contributed by atoms with Crippen LogP contribution in [-0.2, 0) is 9.59 Å². The maximum atomic E-state index is 11.9. The van der Waals surface area contributed by atoms with Gasteiger partial charge in [0.25, 0.3) is 0 Å². The molecule has 7 heteroatoms. The van der Waals surface area contributed by atoms with Gasteiger partial charge in [0.2, 0.25) is 11.8 Å². The van der Waals surface area contributed by atoms with Gasteiger partial charge in [0.1, 0.15) is 6.67 Å². The molecule has 0 aliphatic carbocycles. The molecule has 23 heavy (non-hydrogen) atoms. The molecule has 0 bridgehead atoms. The smallest absolute Gasteiger partial charge is 0.246 e. The van der Waals surface area contributed by atoms with Crippen LogP contribution < -0.4 is 16.0 Å². The van der Waals surface area contributed by atoms with E-state index in [2.05, 4.69) is 16.0 Å². The second kappa shape index (κ2) is 10.3. The van der Waals surface area contributed by atoms with Crippen LogP contribution in [0.5, 0.6) is 0 Å². The minimum absolute atomic E-state index is 0.0507. The molecular formula is C16H23FN4O2. The number of carbonyl (C=O) groups excluding carboxylic acids is 2. The van der Waals surface area contributed by atoms with E-state index in [1.54, 1.807) is 32.3 Å². The van der Waals surface area contributed by atoms with Crippen LogP contribution in [0.1, 0.15) is 0 Å². The summed E-state index contributed by atoms with van der Waals surface area (Å²) in [4.78, 5) is 25.1. The van der Waals surface area contributed by atoms with Crippen LogP contribution in [0, 0.1) is 0 Å². The summed E-state index contributed by atoms with van der Waals surface area (Å²) in [5.41, 5.74) is 1.55. The second-order valence-corrected chi connectivity index (χ2v) is 4.87. The molecule has 0 aromatic heterocycles. The number of nitrogens with zero attached hydrogens (tertiary/aromatic N) is 1. The number of anilines is 2. The number of rotatable bonds is 9. The molecular weight excluding hydrogens is 299 g/mol. The van der Waals surface area contributed by atoms with Crippen molar-refractivity contribution in [2.45, 2.75) is 0 Å². The van der Waals surface area contributed by atoms with E-state index < -0.39 is 6.67 Å². The Hall–Kier alpha value is -2.41. The van der Waals surface area contributed by atoms with Gasteiger partial charge >= 0.3 is 0 Å². The molecule has 0 fully saturated rings. The molecule has 0 aliphatic heterocycles. The summed E-state index contributed by atoms with van der Waals surface area (Å²) < 4.78 is 11.9. The Morgan fingerprint density at radius 2 is 2.04 bits per heavy atom. The lowest BCUT2D eigenvalue weighted by Gasteiger charge is -2.15. The molecule has 1 rings (SSSR count). The van der Waals surface area contributed by atoms with Gasteiger partial charge in [-0.2, -0.15) is 0 Å². The monoisotopic (exact) mass is 322 g/mol. The standard InChI is InChI=1S/C16H23FN4O2/c1-18-13-5-3-6-14(11-13)20-15(22)12-21(2)16(23)7-4-9-19-10-8-17/h3-7,11,18-19H,8-10,12H2,1-2H3,(H,20,22)/b7-4+. The van der Waals surface area contributed by atoms with Crippen molar-refractivity contribution in [2.75, 3.05) is 51.0 Å². The summed E-state index contributed by atoms with van der Waals surface area (Å²) in [7, 11) is 3.34. The average molecular weight is 322 g/mol. The summed E-state index contributed by atoms with van der Waals surface area (Å²) in [6, 6.07) is 7.28. The first-order valence-electron chi connectivity index (χ1n) is 7.32. The number of hydrogen-bond donors (Lipinski definition) is 3. The van der Waals surface area contributed by atoms with Crippen LogP contribution >= 0.6 is 0 Å². The van der Waals surface area contributed by atoms with Gasteiger partial charge in [-0.05, 0) is 18.2 Å². The van der Waals surface area contributed by atoms with Gasteiger partial charge in [0.15, 0.2) is 0 Å². The molecule has 0 radical (unpaired) electrons. The van der Waals surface area contributed by atoms with Crippen molar-refractivity contribution in [3.63, 3.8) is 0 Å². The summed E-state index contributed by atoms with van der Waals surface area (Å²) in [6.45, 7) is 0.163. The lowest BCUT2D eigenvalue weighted by molar-refractivity contribution is -0.129. The zero-order valence-corrected chi connectivity index (χ0v) is 13.4. The zero-order chi connectivity index (χ0) is 17.1. The molecule has 0 saturated heterocycles. The minimum atomic E-state index is -0.448. The first-order valence-corrected chi connectivity index (χ1v) is 7.32. The van der Waals surface area contributed by atoms with Gasteiger partial charge in [0, 0.05) is 44.6 Å². The fourth-order valence-corrected chi connectivity index (χ4v) is 1.79. The number of alkyl halides is 1. The van der Waals surface area contributed by atoms with E-state index in [-0.39, 0.29) is 24.9 Å². The molecule has 0 aliphatic rings. The first kappa shape index (κ1) is 18.6. The highest BCUT2D eigenvalue weighted by molar-refractivity contribution is 5.96. The van der Waals surface area contributed by atoms with Crippen LogP contribution in [0.3, 0.4) is 0 Å². The number of benzene rings is 1. The second-order valence-electron chi connectivity index (χ2n) is 4.87. The molecule has 3 N–H and O–H groups in total. The van der Waals surface area contributed by atoms with Crippen LogP contribution in [0.4, 0.5) is 15.8 Å². The van der Waals surface area contributed by atoms with Crippen LogP contribution in [-0.4, -0.2) is 57.1 Å². The summed E-state index contributed by atoms with van der Waals surface area (Å²) in [6.07, 6.45) is 2.96. The Morgan fingerprint density at radius 3 is 2.74 bits per heavy atom. The topological polar surface area (TPSA) is 73.5 Å². The number of nitrogens with one attached hydrogen (secondary N) is 3. The van der Waals surface area contributed by atoms with E-state index in [0.717, 1.165) is 5.69 Å². The van der Waals surface area contributed by atoms with Crippen LogP contribution in [0.15, 0.2) is 36.4 Å².